The van der Waals surface area contributed by atoms with Gasteiger partial charge in [-0.25, -0.2) is 9.97 Å². The van der Waals surface area contributed by atoms with Crippen LogP contribution in [-0.4, -0.2) is 16.6 Å². The van der Waals surface area contributed by atoms with Crippen LogP contribution in [0.3, 0.4) is 0 Å². The Morgan fingerprint density at radius 2 is 1.67 bits per heavy atom. The number of unbranched alkanes of at least 4 members (excludes halogenated alkanes) is 4. The SMILES string of the molecule is CCCCCCCc1cnc(-c2cc3sc(OCC)cc3s2)nc1. The molecule has 0 N–H and O–H groups in total. The molecule has 0 aromatic carbocycles. The number of thiophene rings is 2. The van der Waals surface area contributed by atoms with E-state index >= 15 is 0 Å². The summed E-state index contributed by atoms with van der Waals surface area (Å²) in [5.74, 6) is 0.830. The number of fused-ring (bicyclic) bond motifs is 1. The maximum atomic E-state index is 5.57. The van der Waals surface area contributed by atoms with E-state index in [0.29, 0.717) is 6.61 Å². The lowest BCUT2D eigenvalue weighted by atomic mass is 10.1. The minimum absolute atomic E-state index is 0.712. The highest BCUT2D eigenvalue weighted by Gasteiger charge is 2.11. The zero-order valence-corrected chi connectivity index (χ0v) is 16.0. The van der Waals surface area contributed by atoms with Gasteiger partial charge in [-0.05, 0) is 31.4 Å². The van der Waals surface area contributed by atoms with Gasteiger partial charge in [0.15, 0.2) is 10.9 Å². The van der Waals surface area contributed by atoms with Gasteiger partial charge in [-0.3, -0.25) is 0 Å². The number of aromatic nitrogens is 2. The minimum Gasteiger partial charge on any atom is -0.484 e. The second kappa shape index (κ2) is 8.58. The molecule has 0 aliphatic heterocycles. The Hall–Kier alpha value is -1.46. The summed E-state index contributed by atoms with van der Waals surface area (Å²) in [5, 5.41) is 0.990. The van der Waals surface area contributed by atoms with Crippen molar-refractivity contribution in [1.82, 2.24) is 9.97 Å². The van der Waals surface area contributed by atoms with E-state index in [2.05, 4.69) is 29.0 Å². The number of aryl methyl sites for hydroxylation is 1. The van der Waals surface area contributed by atoms with Crippen LogP contribution in [-0.2, 0) is 6.42 Å². The molecule has 0 aliphatic rings. The van der Waals surface area contributed by atoms with Crippen molar-refractivity contribution in [1.29, 1.82) is 0 Å². The zero-order chi connectivity index (χ0) is 16.8. The number of rotatable bonds is 9. The highest BCUT2D eigenvalue weighted by molar-refractivity contribution is 7.30. The smallest absolute Gasteiger partial charge is 0.175 e. The van der Waals surface area contributed by atoms with Crippen molar-refractivity contribution in [3.05, 3.63) is 30.1 Å². The van der Waals surface area contributed by atoms with Crippen LogP contribution in [0.15, 0.2) is 24.5 Å². The first-order chi connectivity index (χ1) is 11.8. The third-order valence-electron chi connectivity index (χ3n) is 3.97. The predicted octanol–water partition coefficient (Wildman–Crippen LogP) is 6.33. The number of hydrogen-bond acceptors (Lipinski definition) is 5. The van der Waals surface area contributed by atoms with Gasteiger partial charge < -0.3 is 4.74 Å². The fraction of sp³-hybridized carbons (Fsp3) is 0.474. The summed E-state index contributed by atoms with van der Waals surface area (Å²) in [5.41, 5.74) is 1.24. The van der Waals surface area contributed by atoms with E-state index in [1.54, 1.807) is 22.7 Å². The van der Waals surface area contributed by atoms with Gasteiger partial charge in [-0.15, -0.1) is 11.3 Å². The van der Waals surface area contributed by atoms with Gasteiger partial charge >= 0.3 is 0 Å². The Bertz CT molecular complexity index is 730. The first-order valence-electron chi connectivity index (χ1n) is 8.77. The molecule has 24 heavy (non-hydrogen) atoms. The molecule has 0 radical (unpaired) electrons. The Kier molecular flexibility index (Phi) is 6.21. The molecule has 3 heterocycles. The lowest BCUT2D eigenvalue weighted by molar-refractivity contribution is 0.350. The second-order valence-electron chi connectivity index (χ2n) is 5.92. The Morgan fingerprint density at radius 3 is 2.38 bits per heavy atom. The molecule has 5 heteroatoms. The summed E-state index contributed by atoms with van der Waals surface area (Å²) in [6.45, 7) is 4.97. The maximum absolute atomic E-state index is 5.57. The van der Waals surface area contributed by atoms with Gasteiger partial charge in [0.25, 0.3) is 0 Å². The van der Waals surface area contributed by atoms with Crippen LogP contribution in [0.2, 0.25) is 0 Å². The molecular formula is C19H24N2OS2. The number of hydrogen-bond donors (Lipinski definition) is 0. The average molecular weight is 361 g/mol. The quantitative estimate of drug-likeness (QED) is 0.418. The summed E-state index contributed by atoms with van der Waals surface area (Å²) in [6, 6.07) is 4.29. The molecule has 0 atom stereocenters. The molecule has 3 rings (SSSR count). The molecule has 3 aromatic rings. The summed E-state index contributed by atoms with van der Waals surface area (Å²) in [4.78, 5) is 10.3. The van der Waals surface area contributed by atoms with Crippen molar-refractivity contribution in [3.63, 3.8) is 0 Å². The van der Waals surface area contributed by atoms with Crippen LogP contribution in [0.4, 0.5) is 0 Å². The maximum Gasteiger partial charge on any atom is 0.175 e. The Morgan fingerprint density at radius 1 is 0.917 bits per heavy atom. The van der Waals surface area contributed by atoms with Crippen molar-refractivity contribution in [2.75, 3.05) is 6.61 Å². The lowest BCUT2D eigenvalue weighted by Crippen LogP contribution is -1.92. The van der Waals surface area contributed by atoms with Crippen LogP contribution < -0.4 is 4.74 Å². The molecule has 3 nitrogen and oxygen atoms in total. The monoisotopic (exact) mass is 360 g/mol. The fourth-order valence-electron chi connectivity index (χ4n) is 2.68. The van der Waals surface area contributed by atoms with E-state index < -0.39 is 0 Å². The molecule has 0 spiro atoms. The normalized spacial score (nSPS) is 11.2. The van der Waals surface area contributed by atoms with Crippen molar-refractivity contribution in [2.45, 2.75) is 52.4 Å². The van der Waals surface area contributed by atoms with E-state index in [1.807, 2.05) is 19.3 Å². The summed E-state index contributed by atoms with van der Waals surface area (Å²) in [6.07, 6.45) is 11.6. The number of nitrogens with zero attached hydrogens (tertiary/aromatic N) is 2. The molecular weight excluding hydrogens is 336 g/mol. The van der Waals surface area contributed by atoms with Gasteiger partial charge in [0.2, 0.25) is 0 Å². The summed E-state index contributed by atoms with van der Waals surface area (Å²) < 4.78 is 8.07. The second-order valence-corrected chi connectivity index (χ2v) is 8.05. The first kappa shape index (κ1) is 17.4. The molecule has 0 unspecified atom stereocenters. The average Bonchev–Trinajstić information content (AvgIpc) is 3.14. The van der Waals surface area contributed by atoms with E-state index in [4.69, 9.17) is 4.74 Å². The van der Waals surface area contributed by atoms with Crippen LogP contribution >= 0.6 is 22.7 Å². The fourth-order valence-corrected chi connectivity index (χ4v) is 4.92. The van der Waals surface area contributed by atoms with Crippen molar-refractivity contribution >= 4 is 32.1 Å². The third-order valence-corrected chi connectivity index (χ3v) is 6.17. The van der Waals surface area contributed by atoms with E-state index in [-0.39, 0.29) is 0 Å². The van der Waals surface area contributed by atoms with E-state index in [1.165, 1.54) is 47.1 Å². The van der Waals surface area contributed by atoms with Gasteiger partial charge in [0, 0.05) is 27.9 Å². The number of ether oxygens (including phenoxy) is 1. The molecule has 0 saturated carbocycles. The van der Waals surface area contributed by atoms with Crippen LogP contribution in [0, 0.1) is 0 Å². The van der Waals surface area contributed by atoms with E-state index in [0.717, 1.165) is 22.2 Å². The van der Waals surface area contributed by atoms with Crippen molar-refractivity contribution in [3.8, 4) is 15.8 Å². The summed E-state index contributed by atoms with van der Waals surface area (Å²) in [7, 11) is 0. The summed E-state index contributed by atoms with van der Waals surface area (Å²) >= 11 is 3.43. The van der Waals surface area contributed by atoms with Crippen LogP contribution in [0.5, 0.6) is 5.06 Å². The van der Waals surface area contributed by atoms with Crippen molar-refractivity contribution in [2.24, 2.45) is 0 Å². The van der Waals surface area contributed by atoms with Crippen molar-refractivity contribution < 1.29 is 4.74 Å². The highest BCUT2D eigenvalue weighted by Crippen LogP contribution is 2.40. The standard InChI is InChI=1S/C19H24N2OS2/c1-3-5-6-7-8-9-14-12-20-19(21-13-14)17-10-15-16(23-17)11-18(24-15)22-4-2/h10-13H,3-9H2,1-2H3. The predicted molar refractivity (Wildman–Crippen MR) is 104 cm³/mol. The third kappa shape index (κ3) is 4.33. The molecule has 0 bridgehead atoms. The van der Waals surface area contributed by atoms with Gasteiger partial charge in [-0.2, -0.15) is 0 Å². The van der Waals surface area contributed by atoms with Gasteiger partial charge in [0.1, 0.15) is 0 Å². The Labute approximate surface area is 151 Å². The largest absolute Gasteiger partial charge is 0.484 e. The van der Waals surface area contributed by atoms with E-state index in [9.17, 15) is 0 Å². The molecule has 0 saturated heterocycles. The zero-order valence-electron chi connectivity index (χ0n) is 14.4. The topological polar surface area (TPSA) is 35.0 Å². The van der Waals surface area contributed by atoms with Crippen LogP contribution in [0.1, 0.15) is 51.5 Å². The first-order valence-corrected chi connectivity index (χ1v) is 10.4. The molecule has 0 aliphatic carbocycles. The Balaban J connectivity index is 1.61. The molecule has 0 fully saturated rings. The lowest BCUT2D eigenvalue weighted by Gasteiger charge is -2.02. The van der Waals surface area contributed by atoms with Crippen LogP contribution in [0.25, 0.3) is 20.1 Å². The van der Waals surface area contributed by atoms with Gasteiger partial charge in [0.05, 0.1) is 11.5 Å². The minimum atomic E-state index is 0.712. The molecule has 3 aromatic heterocycles. The molecule has 0 amide bonds. The molecule has 128 valence electrons. The van der Waals surface area contributed by atoms with Gasteiger partial charge in [-0.1, -0.05) is 43.9 Å². The highest BCUT2D eigenvalue weighted by atomic mass is 32.1.